The zero-order valence-electron chi connectivity index (χ0n) is 40.5. The molecule has 14 nitrogen and oxygen atoms in total. The van der Waals surface area contributed by atoms with E-state index in [1.165, 1.54) is 32.1 Å². The van der Waals surface area contributed by atoms with Gasteiger partial charge in [-0.15, -0.1) is 0 Å². The molecule has 0 spiro atoms. The molecule has 7 N–H and O–H groups in total. The van der Waals surface area contributed by atoms with Crippen LogP contribution in [-0.4, -0.2) is 110 Å². The lowest BCUT2D eigenvalue weighted by Gasteiger charge is -2.41. The molecular formula is C52H87O14P. The summed E-state index contributed by atoms with van der Waals surface area (Å²) in [6.07, 6.45) is 36.8. The van der Waals surface area contributed by atoms with Crippen molar-refractivity contribution in [2.24, 2.45) is 0 Å². The number of phosphoric acid groups is 1. The van der Waals surface area contributed by atoms with E-state index in [9.17, 15) is 49.7 Å². The van der Waals surface area contributed by atoms with Crippen molar-refractivity contribution >= 4 is 19.8 Å². The summed E-state index contributed by atoms with van der Waals surface area (Å²) in [5.74, 6) is -1.21. The maximum Gasteiger partial charge on any atom is 0.472 e. The number of carbonyl (C=O) groups excluding carboxylic acids is 2. The largest absolute Gasteiger partial charge is 0.472 e. The van der Waals surface area contributed by atoms with Gasteiger partial charge in [0.05, 0.1) is 12.7 Å². The van der Waals surface area contributed by atoms with Crippen molar-refractivity contribution in [3.05, 3.63) is 85.1 Å². The number of allylic oxidation sites excluding steroid dienone is 13. The highest BCUT2D eigenvalue weighted by atomic mass is 31.2. The van der Waals surface area contributed by atoms with Crippen molar-refractivity contribution < 1.29 is 68.2 Å². The smallest absolute Gasteiger partial charge is 0.462 e. The first-order valence-electron chi connectivity index (χ1n) is 25.0. The molecule has 1 rings (SSSR count). The summed E-state index contributed by atoms with van der Waals surface area (Å²) in [6, 6.07) is 0. The molecule has 1 fully saturated rings. The van der Waals surface area contributed by atoms with E-state index in [-0.39, 0.29) is 18.9 Å². The van der Waals surface area contributed by atoms with Gasteiger partial charge in [-0.3, -0.25) is 18.6 Å². The van der Waals surface area contributed by atoms with Crippen molar-refractivity contribution in [3.8, 4) is 0 Å². The first kappa shape index (κ1) is 62.0. The Morgan fingerprint density at radius 2 is 0.955 bits per heavy atom. The number of ether oxygens (including phenoxy) is 2. The number of aliphatic hydroxyl groups excluding tert-OH is 6. The zero-order chi connectivity index (χ0) is 49.4. The minimum atomic E-state index is -5.16. The van der Waals surface area contributed by atoms with Gasteiger partial charge in [0.15, 0.2) is 6.10 Å². The van der Waals surface area contributed by atoms with Gasteiger partial charge in [-0.05, 0) is 83.5 Å². The first-order valence-corrected chi connectivity index (χ1v) is 26.5. The minimum Gasteiger partial charge on any atom is -0.462 e. The minimum absolute atomic E-state index is 0.00359. The van der Waals surface area contributed by atoms with Crippen molar-refractivity contribution in [2.45, 2.75) is 217 Å². The monoisotopic (exact) mass is 967 g/mol. The summed E-state index contributed by atoms with van der Waals surface area (Å²) in [4.78, 5) is 35.8. The molecule has 384 valence electrons. The molecule has 0 aromatic heterocycles. The van der Waals surface area contributed by atoms with Gasteiger partial charge >= 0.3 is 19.8 Å². The van der Waals surface area contributed by atoms with Gasteiger partial charge in [-0.2, -0.15) is 0 Å². The maximum absolute atomic E-state index is 12.8. The molecule has 0 aromatic rings. The molecule has 0 radical (unpaired) electrons. The molecule has 1 aliphatic carbocycles. The third-order valence-electron chi connectivity index (χ3n) is 11.0. The van der Waals surface area contributed by atoms with E-state index in [1.54, 1.807) is 0 Å². The quantitative estimate of drug-likeness (QED) is 0.0131. The molecule has 0 aliphatic heterocycles. The summed E-state index contributed by atoms with van der Waals surface area (Å²) in [5.41, 5.74) is 0. The Labute approximate surface area is 401 Å². The predicted octanol–water partition coefficient (Wildman–Crippen LogP) is 9.42. The lowest BCUT2D eigenvalue weighted by molar-refractivity contribution is -0.220. The second-order valence-corrected chi connectivity index (χ2v) is 18.5. The van der Waals surface area contributed by atoms with Crippen LogP contribution in [0.15, 0.2) is 85.1 Å². The molecule has 1 saturated carbocycles. The standard InChI is InChI=1S/C52H87O14P/c1-3-5-7-8-9-10-11-12-13-14-15-16-17-18-19-23-26-29-32-35-39-45(54)63-41-44(42-64-67(61,62)66-52-50(59)48(57)47(56)49(58)51(52)60)65-46(55)40-36-33-30-27-24-21-20-22-25-28-31-34-38-43(53)37-6-4-2/h10-11,13-14,16-17,20-21,25,27-28,30,34,38,43-44,47-53,56-60H,3-9,12,15,18-19,22-24,26,29,31-33,35-37,39-42H2,1-2H3,(H,61,62)/b11-10-,14-13-,17-16-,21-20-,28-25-,30-27-,38-34-/t43-,44-,47?,48-,49+,50-,51-,52?/m1/s1. The van der Waals surface area contributed by atoms with Gasteiger partial charge in [-0.25, -0.2) is 4.57 Å². The van der Waals surface area contributed by atoms with E-state index in [2.05, 4.69) is 68.5 Å². The summed E-state index contributed by atoms with van der Waals surface area (Å²) < 4.78 is 33.5. The SMILES string of the molecule is CCCCCC/C=C\C/C=C\C/C=C\CCCCCCCCC(=O)OC[C@H](COP(=O)(O)OC1[C@H](O)[C@H](O)C(O)[C@H](O)[C@H]1O)OC(=O)CCC/C=C\C/C=C\C/C=C\C/C=C\[C@H](O)CCCC. The number of hydrogen-bond donors (Lipinski definition) is 7. The van der Waals surface area contributed by atoms with Gasteiger partial charge in [0.25, 0.3) is 0 Å². The fourth-order valence-electron chi connectivity index (χ4n) is 6.95. The van der Waals surface area contributed by atoms with Gasteiger partial charge in [-0.1, -0.05) is 157 Å². The number of unbranched alkanes of at least 4 members (excludes halogenated alkanes) is 12. The highest BCUT2D eigenvalue weighted by Crippen LogP contribution is 2.47. The Morgan fingerprint density at radius 3 is 1.49 bits per heavy atom. The van der Waals surface area contributed by atoms with Crippen LogP contribution in [-0.2, 0) is 32.7 Å². The second kappa shape index (κ2) is 40.8. The van der Waals surface area contributed by atoms with Crippen LogP contribution in [0.5, 0.6) is 0 Å². The van der Waals surface area contributed by atoms with Gasteiger partial charge in [0, 0.05) is 12.8 Å². The molecule has 0 amide bonds. The first-order chi connectivity index (χ1) is 32.3. The molecule has 67 heavy (non-hydrogen) atoms. The average Bonchev–Trinajstić information content (AvgIpc) is 3.31. The van der Waals surface area contributed by atoms with Gasteiger partial charge < -0.3 is 45.0 Å². The number of rotatable bonds is 40. The Morgan fingerprint density at radius 1 is 0.522 bits per heavy atom. The van der Waals surface area contributed by atoms with Crippen molar-refractivity contribution in [2.75, 3.05) is 13.2 Å². The Bertz CT molecular complexity index is 1510. The molecule has 9 atom stereocenters. The molecule has 1 aliphatic rings. The van der Waals surface area contributed by atoms with Crippen LogP contribution < -0.4 is 0 Å². The number of phosphoric ester groups is 1. The zero-order valence-corrected chi connectivity index (χ0v) is 41.4. The molecule has 0 bridgehead atoms. The Balaban J connectivity index is 2.49. The molecule has 0 aromatic carbocycles. The summed E-state index contributed by atoms with van der Waals surface area (Å²) in [5, 5.41) is 60.1. The van der Waals surface area contributed by atoms with Crippen molar-refractivity contribution in [1.29, 1.82) is 0 Å². The Hall–Kier alpha value is -3.01. The fraction of sp³-hybridized carbons (Fsp3) is 0.692. The van der Waals surface area contributed by atoms with Crippen molar-refractivity contribution in [3.63, 3.8) is 0 Å². The second-order valence-electron chi connectivity index (χ2n) is 17.1. The van der Waals surface area contributed by atoms with E-state index in [0.717, 1.165) is 89.9 Å². The van der Waals surface area contributed by atoms with E-state index in [1.807, 2.05) is 30.4 Å². The molecular weight excluding hydrogens is 880 g/mol. The van der Waals surface area contributed by atoms with Gasteiger partial charge in [0.1, 0.15) is 43.2 Å². The average molecular weight is 967 g/mol. The van der Waals surface area contributed by atoms with Crippen LogP contribution in [0.4, 0.5) is 0 Å². The number of esters is 2. The summed E-state index contributed by atoms with van der Waals surface area (Å²) in [7, 11) is -5.16. The predicted molar refractivity (Wildman–Crippen MR) is 264 cm³/mol. The number of aliphatic hydroxyl groups is 6. The topological polar surface area (TPSA) is 230 Å². The lowest BCUT2D eigenvalue weighted by Crippen LogP contribution is -2.64. The van der Waals surface area contributed by atoms with E-state index >= 15 is 0 Å². The van der Waals surface area contributed by atoms with Crippen molar-refractivity contribution in [1.82, 2.24) is 0 Å². The highest BCUT2D eigenvalue weighted by Gasteiger charge is 2.51. The lowest BCUT2D eigenvalue weighted by atomic mass is 9.85. The number of hydrogen-bond acceptors (Lipinski definition) is 13. The molecule has 3 unspecified atom stereocenters. The van der Waals surface area contributed by atoms with Gasteiger partial charge in [0.2, 0.25) is 0 Å². The summed E-state index contributed by atoms with van der Waals surface area (Å²) >= 11 is 0. The molecule has 0 heterocycles. The van der Waals surface area contributed by atoms with Crippen LogP contribution >= 0.6 is 7.82 Å². The van der Waals surface area contributed by atoms with Crippen LogP contribution in [0.3, 0.4) is 0 Å². The van der Waals surface area contributed by atoms with Crippen LogP contribution in [0.1, 0.15) is 168 Å². The summed E-state index contributed by atoms with van der Waals surface area (Å²) in [6.45, 7) is 3.07. The van der Waals surface area contributed by atoms with E-state index < -0.39 is 75.7 Å². The maximum atomic E-state index is 12.8. The highest BCUT2D eigenvalue weighted by molar-refractivity contribution is 7.47. The third kappa shape index (κ3) is 33.2. The molecule has 15 heteroatoms. The van der Waals surface area contributed by atoms with Crippen LogP contribution in [0, 0.1) is 0 Å². The molecule has 0 saturated heterocycles. The van der Waals surface area contributed by atoms with Crippen LogP contribution in [0.2, 0.25) is 0 Å². The normalized spacial score (nSPS) is 22.3. The van der Waals surface area contributed by atoms with Crippen LogP contribution in [0.25, 0.3) is 0 Å². The fourth-order valence-corrected chi connectivity index (χ4v) is 7.92. The van der Waals surface area contributed by atoms with E-state index in [4.69, 9.17) is 18.5 Å². The Kier molecular flexibility index (Phi) is 37.8. The van der Waals surface area contributed by atoms with E-state index in [0.29, 0.717) is 19.3 Å². The third-order valence-corrected chi connectivity index (χ3v) is 12.0. The number of carbonyl (C=O) groups is 2.